The minimum Gasteiger partial charge on any atom is -0.474 e. The van der Waals surface area contributed by atoms with E-state index in [-0.39, 0.29) is 23.3 Å². The van der Waals surface area contributed by atoms with E-state index < -0.39 is 0 Å². The summed E-state index contributed by atoms with van der Waals surface area (Å²) in [5, 5.41) is 0. The van der Waals surface area contributed by atoms with Gasteiger partial charge in [0.05, 0.1) is 9.49 Å². The van der Waals surface area contributed by atoms with Crippen molar-refractivity contribution in [1.29, 1.82) is 0 Å². The Balaban J connectivity index is 2.33. The number of halogens is 1. The summed E-state index contributed by atoms with van der Waals surface area (Å²) in [6.07, 6.45) is 3.23. The molecule has 3 atom stereocenters. The fourth-order valence-electron chi connectivity index (χ4n) is 3.00. The van der Waals surface area contributed by atoms with E-state index in [1.54, 1.807) is 7.05 Å². The van der Waals surface area contributed by atoms with Gasteiger partial charge in [0.1, 0.15) is 6.10 Å². The molecular weight excluding hydrogens is 347 g/mol. The third kappa shape index (κ3) is 1.50. The van der Waals surface area contributed by atoms with Crippen LogP contribution in [-0.2, 0) is 14.1 Å². The van der Waals surface area contributed by atoms with E-state index in [4.69, 9.17) is 4.74 Å². The molecule has 1 fully saturated rings. The Labute approximate surface area is 118 Å². The fourth-order valence-corrected chi connectivity index (χ4v) is 4.22. The Morgan fingerprint density at radius 1 is 1.22 bits per heavy atom. The normalized spacial score (nSPS) is 29.6. The quantitative estimate of drug-likeness (QED) is 0.510. The highest BCUT2D eigenvalue weighted by Crippen LogP contribution is 2.44. The summed E-state index contributed by atoms with van der Waals surface area (Å²) >= 11 is 2.38. The second kappa shape index (κ2) is 4.11. The Morgan fingerprint density at radius 3 is 2.67 bits per heavy atom. The number of rotatable bonds is 0. The van der Waals surface area contributed by atoms with E-state index in [0.717, 1.165) is 19.3 Å². The van der Waals surface area contributed by atoms with E-state index >= 15 is 0 Å². The summed E-state index contributed by atoms with van der Waals surface area (Å²) in [6.45, 7) is 0. The zero-order valence-corrected chi connectivity index (χ0v) is 12.5. The topological polar surface area (TPSA) is 53.2 Å². The minimum absolute atomic E-state index is 0.134. The summed E-state index contributed by atoms with van der Waals surface area (Å²) in [7, 11) is 3.20. The van der Waals surface area contributed by atoms with Crippen molar-refractivity contribution in [3.05, 3.63) is 26.4 Å². The lowest BCUT2D eigenvalue weighted by atomic mass is 9.81. The number of hydrogen-bond donors (Lipinski definition) is 0. The van der Waals surface area contributed by atoms with Gasteiger partial charge in [0.15, 0.2) is 0 Å². The third-order valence-electron chi connectivity index (χ3n) is 4.02. The van der Waals surface area contributed by atoms with Gasteiger partial charge in [-0.1, -0.05) is 22.6 Å². The first-order chi connectivity index (χ1) is 8.52. The summed E-state index contributed by atoms with van der Waals surface area (Å²) < 4.78 is 8.88. The molecule has 0 N–H and O–H groups in total. The number of ether oxygens (including phenoxy) is 1. The molecule has 18 heavy (non-hydrogen) atoms. The third-order valence-corrected chi connectivity index (χ3v) is 5.69. The number of alkyl halides is 1. The number of hydrogen-bond acceptors (Lipinski definition) is 3. The molecular formula is C12H15IN2O3. The minimum atomic E-state index is -0.316. The molecule has 6 heteroatoms. The molecule has 2 heterocycles. The molecule has 0 unspecified atom stereocenters. The second-order valence-corrected chi connectivity index (χ2v) is 6.50. The lowest BCUT2D eigenvalue weighted by molar-refractivity contribution is 0.116. The molecule has 5 nitrogen and oxygen atoms in total. The maximum absolute atomic E-state index is 12.3. The van der Waals surface area contributed by atoms with Crippen molar-refractivity contribution in [3.63, 3.8) is 0 Å². The van der Waals surface area contributed by atoms with E-state index in [1.165, 1.54) is 16.2 Å². The van der Waals surface area contributed by atoms with Crippen LogP contribution in [-0.4, -0.2) is 19.2 Å². The Morgan fingerprint density at radius 2 is 1.94 bits per heavy atom. The van der Waals surface area contributed by atoms with Crippen LogP contribution in [0.4, 0.5) is 0 Å². The molecule has 0 saturated heterocycles. The molecule has 3 rings (SSSR count). The Kier molecular flexibility index (Phi) is 2.80. The Bertz CT molecular complexity index is 619. The smallest absolute Gasteiger partial charge is 0.333 e. The Hall–Kier alpha value is -0.790. The van der Waals surface area contributed by atoms with Crippen LogP contribution < -0.4 is 16.0 Å². The van der Waals surface area contributed by atoms with Crippen LogP contribution in [0, 0.1) is 0 Å². The van der Waals surface area contributed by atoms with Gasteiger partial charge in [-0.2, -0.15) is 0 Å². The SMILES string of the molecule is Cn1c2c(c(=O)n(C)c1=O)[C@@H]1CCC[C@H](O2)[C@H]1I. The van der Waals surface area contributed by atoms with Crippen molar-refractivity contribution in [2.24, 2.45) is 14.1 Å². The van der Waals surface area contributed by atoms with Crippen LogP contribution in [0.5, 0.6) is 5.88 Å². The van der Waals surface area contributed by atoms with E-state index in [2.05, 4.69) is 22.6 Å². The summed E-state index contributed by atoms with van der Waals surface area (Å²) in [5.74, 6) is 0.712. The zero-order valence-electron chi connectivity index (χ0n) is 10.4. The molecule has 2 bridgehead atoms. The molecule has 0 amide bonds. The summed E-state index contributed by atoms with van der Waals surface area (Å²) in [6, 6.07) is 0. The first-order valence-corrected chi connectivity index (χ1v) is 7.37. The second-order valence-electron chi connectivity index (χ2n) is 5.06. The van der Waals surface area contributed by atoms with Gasteiger partial charge in [0.2, 0.25) is 5.88 Å². The monoisotopic (exact) mass is 362 g/mol. The standard InChI is InChI=1S/C12H15IN2O3/c1-14-10(16)8-6-4-3-5-7(9(6)13)18-11(8)15(2)12(14)17/h6-7,9H,3-5H2,1-2H3/t6-,7-,9-/m0/s1. The van der Waals surface area contributed by atoms with Gasteiger partial charge in [-0.25, -0.2) is 4.79 Å². The summed E-state index contributed by atoms with van der Waals surface area (Å²) in [5.41, 5.74) is 0.179. The molecule has 0 radical (unpaired) electrons. The van der Waals surface area contributed by atoms with Gasteiger partial charge < -0.3 is 4.74 Å². The largest absolute Gasteiger partial charge is 0.474 e. The first kappa shape index (κ1) is 12.3. The predicted octanol–water partition coefficient (Wildman–Crippen LogP) is 0.916. The molecule has 1 aliphatic carbocycles. The van der Waals surface area contributed by atoms with E-state index in [9.17, 15) is 9.59 Å². The highest BCUT2D eigenvalue weighted by Gasteiger charge is 2.42. The average Bonchev–Trinajstić information content (AvgIpc) is 2.34. The highest BCUT2D eigenvalue weighted by molar-refractivity contribution is 14.1. The van der Waals surface area contributed by atoms with Crippen LogP contribution >= 0.6 is 22.6 Å². The highest BCUT2D eigenvalue weighted by atomic mass is 127. The van der Waals surface area contributed by atoms with Crippen molar-refractivity contribution in [2.75, 3.05) is 0 Å². The van der Waals surface area contributed by atoms with Crippen molar-refractivity contribution in [3.8, 4) is 5.88 Å². The average molecular weight is 362 g/mol. The van der Waals surface area contributed by atoms with Crippen molar-refractivity contribution < 1.29 is 4.74 Å². The van der Waals surface area contributed by atoms with Gasteiger partial charge in [-0.15, -0.1) is 0 Å². The van der Waals surface area contributed by atoms with Gasteiger partial charge in [0, 0.05) is 20.0 Å². The summed E-state index contributed by atoms with van der Waals surface area (Å²) in [4.78, 5) is 24.2. The van der Waals surface area contributed by atoms with Gasteiger partial charge in [0.25, 0.3) is 5.56 Å². The maximum atomic E-state index is 12.3. The van der Waals surface area contributed by atoms with Crippen molar-refractivity contribution in [2.45, 2.75) is 35.2 Å². The van der Waals surface area contributed by atoms with Crippen LogP contribution in [0.25, 0.3) is 0 Å². The van der Waals surface area contributed by atoms with Gasteiger partial charge >= 0.3 is 5.69 Å². The van der Waals surface area contributed by atoms with E-state index in [0.29, 0.717) is 15.4 Å². The molecule has 1 aromatic rings. The maximum Gasteiger partial charge on any atom is 0.333 e. The molecule has 1 aromatic heterocycles. The molecule has 1 saturated carbocycles. The van der Waals surface area contributed by atoms with Crippen LogP contribution in [0.15, 0.2) is 9.59 Å². The van der Waals surface area contributed by atoms with Crippen LogP contribution in [0.2, 0.25) is 0 Å². The lowest BCUT2D eigenvalue weighted by Gasteiger charge is -2.40. The number of fused-ring (bicyclic) bond motifs is 4. The van der Waals surface area contributed by atoms with Crippen molar-refractivity contribution >= 4 is 22.6 Å². The number of aromatic nitrogens is 2. The van der Waals surface area contributed by atoms with Gasteiger partial charge in [-0.05, 0) is 19.3 Å². The van der Waals surface area contributed by atoms with Gasteiger partial charge in [-0.3, -0.25) is 13.9 Å². The molecule has 98 valence electrons. The molecule has 2 aliphatic rings. The predicted molar refractivity (Wildman–Crippen MR) is 75.7 cm³/mol. The zero-order chi connectivity index (χ0) is 13.0. The molecule has 0 spiro atoms. The molecule has 0 aromatic carbocycles. The lowest BCUT2D eigenvalue weighted by Crippen LogP contribution is -2.48. The first-order valence-electron chi connectivity index (χ1n) is 6.13. The fraction of sp³-hybridized carbons (Fsp3) is 0.667. The van der Waals surface area contributed by atoms with Crippen LogP contribution in [0.1, 0.15) is 30.7 Å². The van der Waals surface area contributed by atoms with Crippen molar-refractivity contribution in [1.82, 2.24) is 9.13 Å². The molecule has 1 aliphatic heterocycles. The van der Waals surface area contributed by atoms with Crippen LogP contribution in [0.3, 0.4) is 0 Å². The number of nitrogens with zero attached hydrogens (tertiary/aromatic N) is 2. The van der Waals surface area contributed by atoms with E-state index in [1.807, 2.05) is 0 Å².